The number of ether oxygens (including phenoxy) is 1. The number of nitrogens with zero attached hydrogens (tertiary/aromatic N) is 3. The largest absolute Gasteiger partial charge is 0.449 e. The van der Waals surface area contributed by atoms with Gasteiger partial charge in [-0.2, -0.15) is 13.5 Å². The molecular weight excluding hydrogens is 434 g/mol. The van der Waals surface area contributed by atoms with Gasteiger partial charge < -0.3 is 14.5 Å². The fraction of sp³-hybridized carbons (Fsp3) is 0.522. The van der Waals surface area contributed by atoms with Crippen molar-refractivity contribution in [2.45, 2.75) is 52.0 Å². The van der Waals surface area contributed by atoms with Crippen LogP contribution in [0.15, 0.2) is 18.2 Å². The first-order valence-electron chi connectivity index (χ1n) is 10.8. The van der Waals surface area contributed by atoms with Crippen molar-refractivity contribution in [3.8, 4) is 0 Å². The van der Waals surface area contributed by atoms with Crippen molar-refractivity contribution < 1.29 is 14.3 Å². The van der Waals surface area contributed by atoms with E-state index in [0.717, 1.165) is 59.3 Å². The van der Waals surface area contributed by atoms with Crippen LogP contribution >= 0.6 is 25.1 Å². The Balaban J connectivity index is 0.00000272. The van der Waals surface area contributed by atoms with Crippen molar-refractivity contribution in [2.24, 2.45) is 0 Å². The number of aromatic nitrogens is 1. The Labute approximate surface area is 195 Å². The minimum atomic E-state index is -0.301. The minimum absolute atomic E-state index is 0. The van der Waals surface area contributed by atoms with E-state index < -0.39 is 0 Å². The molecule has 1 aromatic carbocycles. The molecule has 31 heavy (non-hydrogen) atoms. The van der Waals surface area contributed by atoms with E-state index in [-0.39, 0.29) is 31.5 Å². The lowest BCUT2D eigenvalue weighted by Crippen LogP contribution is -2.55. The highest BCUT2D eigenvalue weighted by atomic mass is 35.5. The molecule has 1 aromatic heterocycles. The fourth-order valence-electron chi connectivity index (χ4n) is 4.37. The highest BCUT2D eigenvalue weighted by molar-refractivity contribution is 7.59. The van der Waals surface area contributed by atoms with Crippen LogP contribution in [0.5, 0.6) is 0 Å². The molecule has 2 aromatic rings. The van der Waals surface area contributed by atoms with Crippen LogP contribution in [0.2, 0.25) is 5.02 Å². The predicted molar refractivity (Wildman–Crippen MR) is 127 cm³/mol. The Hall–Kier alpha value is -1.99. The average molecular weight is 464 g/mol. The van der Waals surface area contributed by atoms with Gasteiger partial charge >= 0.3 is 6.09 Å². The van der Waals surface area contributed by atoms with Gasteiger partial charge in [-0.15, -0.1) is 0 Å². The molecule has 1 fully saturated rings. The monoisotopic (exact) mass is 463 g/mol. The molecule has 0 radical (unpaired) electrons. The van der Waals surface area contributed by atoms with Crippen LogP contribution in [-0.2, 0) is 17.6 Å². The van der Waals surface area contributed by atoms with Crippen molar-refractivity contribution in [3.63, 3.8) is 0 Å². The van der Waals surface area contributed by atoms with E-state index in [2.05, 4.69) is 0 Å². The summed E-state index contributed by atoms with van der Waals surface area (Å²) in [5.41, 5.74) is 3.61. The van der Waals surface area contributed by atoms with E-state index >= 15 is 0 Å². The maximum absolute atomic E-state index is 13.2. The van der Waals surface area contributed by atoms with Gasteiger partial charge in [-0.1, -0.05) is 24.6 Å². The van der Waals surface area contributed by atoms with Crippen LogP contribution in [0.1, 0.15) is 54.7 Å². The quantitative estimate of drug-likeness (QED) is 0.668. The Morgan fingerprint density at radius 2 is 2.00 bits per heavy atom. The molecule has 2 amide bonds. The van der Waals surface area contributed by atoms with Gasteiger partial charge in [0, 0.05) is 42.3 Å². The zero-order chi connectivity index (χ0) is 21.3. The normalized spacial score (nSPS) is 18.4. The third-order valence-corrected chi connectivity index (χ3v) is 6.45. The summed E-state index contributed by atoms with van der Waals surface area (Å²) >= 11 is 6.66. The molecule has 2 heterocycles. The van der Waals surface area contributed by atoms with E-state index in [1.807, 2.05) is 36.9 Å². The molecule has 0 unspecified atom stereocenters. The standard InChI is InChI=1S/C23H28ClN3O3.H2S/c1-3-12-30-23(29)26-10-11-27(15(2)14-26)22(28)16-8-9-18-20(13-16)25-19-7-5-4-6-17(19)21(18)24;/h8-9,13,15H,3-7,10-12,14H2,1-2H3;1H2/t15-;/m0./s1. The number of benzene rings is 1. The third-order valence-electron chi connectivity index (χ3n) is 6.02. The lowest BCUT2D eigenvalue weighted by atomic mass is 9.94. The first-order chi connectivity index (χ1) is 14.5. The summed E-state index contributed by atoms with van der Waals surface area (Å²) < 4.78 is 5.23. The number of fused-ring (bicyclic) bond motifs is 2. The van der Waals surface area contributed by atoms with Gasteiger partial charge in [-0.3, -0.25) is 9.78 Å². The first-order valence-corrected chi connectivity index (χ1v) is 11.2. The number of aryl methyl sites for hydroxylation is 1. The Morgan fingerprint density at radius 1 is 1.23 bits per heavy atom. The zero-order valence-corrected chi connectivity index (χ0v) is 19.9. The molecule has 4 rings (SSSR count). The average Bonchev–Trinajstić information content (AvgIpc) is 2.76. The van der Waals surface area contributed by atoms with Gasteiger partial charge in [0.05, 0.1) is 17.1 Å². The van der Waals surface area contributed by atoms with Gasteiger partial charge in [-0.25, -0.2) is 4.79 Å². The molecule has 1 atom stereocenters. The second-order valence-corrected chi connectivity index (χ2v) is 8.58. The van der Waals surface area contributed by atoms with Crippen molar-refractivity contribution in [3.05, 3.63) is 40.0 Å². The molecule has 0 bridgehead atoms. The van der Waals surface area contributed by atoms with Crippen molar-refractivity contribution in [2.75, 3.05) is 26.2 Å². The number of carbonyl (C=O) groups is 2. The number of rotatable bonds is 3. The summed E-state index contributed by atoms with van der Waals surface area (Å²) in [5, 5.41) is 1.69. The minimum Gasteiger partial charge on any atom is -0.449 e. The lowest BCUT2D eigenvalue weighted by Gasteiger charge is -2.39. The van der Waals surface area contributed by atoms with Crippen LogP contribution in [-0.4, -0.2) is 59.1 Å². The zero-order valence-electron chi connectivity index (χ0n) is 18.1. The summed E-state index contributed by atoms with van der Waals surface area (Å²) in [6.07, 6.45) is 4.68. The van der Waals surface area contributed by atoms with Gasteiger partial charge in [0.15, 0.2) is 0 Å². The molecule has 2 aliphatic rings. The highest BCUT2D eigenvalue weighted by Crippen LogP contribution is 2.33. The van der Waals surface area contributed by atoms with Gasteiger partial charge in [0.1, 0.15) is 0 Å². The van der Waals surface area contributed by atoms with E-state index in [4.69, 9.17) is 21.3 Å². The van der Waals surface area contributed by atoms with Crippen LogP contribution < -0.4 is 0 Å². The summed E-state index contributed by atoms with van der Waals surface area (Å²) in [7, 11) is 0. The van der Waals surface area contributed by atoms with Gasteiger partial charge in [0.25, 0.3) is 5.91 Å². The van der Waals surface area contributed by atoms with Crippen molar-refractivity contribution in [1.82, 2.24) is 14.8 Å². The molecule has 8 heteroatoms. The molecule has 1 aliphatic heterocycles. The van der Waals surface area contributed by atoms with E-state index in [1.54, 1.807) is 4.90 Å². The molecule has 0 spiro atoms. The molecule has 1 saturated heterocycles. The lowest BCUT2D eigenvalue weighted by molar-refractivity contribution is 0.0414. The highest BCUT2D eigenvalue weighted by Gasteiger charge is 2.31. The van der Waals surface area contributed by atoms with Crippen LogP contribution in [0, 0.1) is 0 Å². The first kappa shape index (κ1) is 23.7. The smallest absolute Gasteiger partial charge is 0.409 e. The second-order valence-electron chi connectivity index (χ2n) is 8.20. The van der Waals surface area contributed by atoms with Crippen LogP contribution in [0.4, 0.5) is 4.79 Å². The molecule has 6 nitrogen and oxygen atoms in total. The molecule has 0 N–H and O–H groups in total. The number of halogens is 1. The maximum Gasteiger partial charge on any atom is 0.409 e. The molecule has 168 valence electrons. The maximum atomic E-state index is 13.2. The number of carbonyl (C=O) groups excluding carboxylic acids is 2. The van der Waals surface area contributed by atoms with Gasteiger partial charge in [-0.05, 0) is 56.7 Å². The Kier molecular flexibility index (Phi) is 7.70. The molecular formula is C23H30ClN3O3S. The molecule has 0 saturated carbocycles. The van der Waals surface area contributed by atoms with E-state index in [0.29, 0.717) is 31.8 Å². The molecule has 1 aliphatic carbocycles. The number of piperazine rings is 1. The number of pyridine rings is 1. The van der Waals surface area contributed by atoms with Gasteiger partial charge in [0.2, 0.25) is 0 Å². The second kappa shape index (κ2) is 10.1. The summed E-state index contributed by atoms with van der Waals surface area (Å²) in [5.74, 6) is -0.0402. The summed E-state index contributed by atoms with van der Waals surface area (Å²) in [6, 6.07) is 5.52. The van der Waals surface area contributed by atoms with Crippen LogP contribution in [0.25, 0.3) is 10.9 Å². The number of hydrogen-bond donors (Lipinski definition) is 0. The summed E-state index contributed by atoms with van der Waals surface area (Å²) in [6.45, 7) is 5.78. The predicted octanol–water partition coefficient (Wildman–Crippen LogP) is 4.57. The van der Waals surface area contributed by atoms with Crippen molar-refractivity contribution in [1.29, 1.82) is 0 Å². The van der Waals surface area contributed by atoms with Crippen molar-refractivity contribution >= 4 is 48.0 Å². The van der Waals surface area contributed by atoms with Crippen LogP contribution in [0.3, 0.4) is 0 Å². The van der Waals surface area contributed by atoms with E-state index in [9.17, 15) is 9.59 Å². The number of hydrogen-bond acceptors (Lipinski definition) is 4. The topological polar surface area (TPSA) is 62.7 Å². The third kappa shape index (κ3) is 4.77. The summed E-state index contributed by atoms with van der Waals surface area (Å²) in [4.78, 5) is 33.7. The SMILES string of the molecule is CCCOC(=O)N1CCN(C(=O)c2ccc3c(Cl)c4c(nc3c2)CCCC4)[C@@H](C)C1.S. The Morgan fingerprint density at radius 3 is 2.74 bits per heavy atom. The fourth-order valence-corrected chi connectivity index (χ4v) is 4.73. The van der Waals surface area contributed by atoms with E-state index in [1.165, 1.54) is 0 Å². The number of amides is 2. The Bertz CT molecular complexity index is 984.